The first-order chi connectivity index (χ1) is 11.4. The molecule has 2 aromatic carbocycles. The zero-order chi connectivity index (χ0) is 17.7. The van der Waals surface area contributed by atoms with E-state index in [-0.39, 0.29) is 11.8 Å². The fraction of sp³-hybridized carbons (Fsp3) is 0.222. The molecule has 0 saturated carbocycles. The van der Waals surface area contributed by atoms with Gasteiger partial charge >= 0.3 is 0 Å². The lowest BCUT2D eigenvalue weighted by atomic mass is 10.1. The van der Waals surface area contributed by atoms with Gasteiger partial charge in [-0.1, -0.05) is 41.4 Å². The molecule has 126 valence electrons. The Morgan fingerprint density at radius 1 is 1.00 bits per heavy atom. The number of para-hydroxylation sites is 1. The minimum absolute atomic E-state index is 0.0485. The van der Waals surface area contributed by atoms with Gasteiger partial charge in [-0.3, -0.25) is 9.59 Å². The first-order valence-electron chi connectivity index (χ1n) is 7.43. The number of amides is 2. The fourth-order valence-corrected chi connectivity index (χ4v) is 2.64. The summed E-state index contributed by atoms with van der Waals surface area (Å²) in [5.41, 5.74) is 2.03. The van der Waals surface area contributed by atoms with Crippen LogP contribution in [-0.2, 0) is 11.2 Å². The van der Waals surface area contributed by atoms with Crippen molar-refractivity contribution >= 4 is 40.7 Å². The molecule has 0 aliphatic rings. The Morgan fingerprint density at radius 3 is 2.12 bits per heavy atom. The Kier molecular flexibility index (Phi) is 6.23. The van der Waals surface area contributed by atoms with E-state index in [1.807, 2.05) is 12.1 Å². The number of rotatable bonds is 5. The number of nitrogens with one attached hydrogen (secondary N) is 1. The highest BCUT2D eigenvalue weighted by Gasteiger charge is 2.11. The van der Waals surface area contributed by atoms with Crippen molar-refractivity contribution in [2.24, 2.45) is 0 Å². The molecule has 0 saturated heterocycles. The number of carbonyl (C=O) groups excluding carboxylic acids is 2. The van der Waals surface area contributed by atoms with Gasteiger partial charge in [-0.15, -0.1) is 0 Å². The van der Waals surface area contributed by atoms with Crippen LogP contribution in [0.1, 0.15) is 22.3 Å². The molecule has 24 heavy (non-hydrogen) atoms. The number of carbonyl (C=O) groups is 2. The van der Waals surface area contributed by atoms with E-state index in [1.165, 1.54) is 4.90 Å². The number of aryl methyl sites for hydroxylation is 1. The van der Waals surface area contributed by atoms with Crippen molar-refractivity contribution in [3.63, 3.8) is 0 Å². The average molecular weight is 365 g/mol. The first-order valence-corrected chi connectivity index (χ1v) is 8.18. The van der Waals surface area contributed by atoms with Crippen LogP contribution in [0.25, 0.3) is 0 Å². The smallest absolute Gasteiger partial charge is 0.253 e. The third kappa shape index (κ3) is 4.73. The van der Waals surface area contributed by atoms with Gasteiger partial charge in [-0.25, -0.2) is 0 Å². The summed E-state index contributed by atoms with van der Waals surface area (Å²) in [4.78, 5) is 25.4. The maximum absolute atomic E-state index is 12.1. The second-order valence-electron chi connectivity index (χ2n) is 5.54. The van der Waals surface area contributed by atoms with Crippen LogP contribution in [0.4, 0.5) is 5.69 Å². The van der Waals surface area contributed by atoms with Gasteiger partial charge in [0.15, 0.2) is 0 Å². The molecule has 6 heteroatoms. The van der Waals surface area contributed by atoms with Crippen LogP contribution in [0.15, 0.2) is 42.5 Å². The molecule has 0 spiro atoms. The van der Waals surface area contributed by atoms with Crippen LogP contribution in [0.2, 0.25) is 10.0 Å². The van der Waals surface area contributed by atoms with Gasteiger partial charge in [0.05, 0.1) is 15.7 Å². The summed E-state index contributed by atoms with van der Waals surface area (Å²) >= 11 is 12.1. The number of nitrogens with zero attached hydrogens (tertiary/aromatic N) is 1. The van der Waals surface area contributed by atoms with Crippen molar-refractivity contribution in [3.8, 4) is 0 Å². The van der Waals surface area contributed by atoms with E-state index >= 15 is 0 Å². The molecular formula is C18H18Cl2N2O2. The van der Waals surface area contributed by atoms with Crippen LogP contribution < -0.4 is 5.32 Å². The standard InChI is InChI=1S/C18H18Cl2N2O2/c1-22(2)18(24)13-9-6-12(7-10-13)8-11-16(23)21-17-14(19)4-3-5-15(17)20/h3-7,9-10H,8,11H2,1-2H3,(H,21,23). The van der Waals surface area contributed by atoms with Crippen molar-refractivity contribution in [2.75, 3.05) is 19.4 Å². The minimum Gasteiger partial charge on any atom is -0.345 e. The number of halogens is 2. The molecule has 2 rings (SSSR count). The lowest BCUT2D eigenvalue weighted by Gasteiger charge is -2.11. The molecule has 4 nitrogen and oxygen atoms in total. The van der Waals surface area contributed by atoms with Crippen molar-refractivity contribution in [3.05, 3.63) is 63.6 Å². The lowest BCUT2D eigenvalue weighted by Crippen LogP contribution is -2.21. The second kappa shape index (κ2) is 8.18. The summed E-state index contributed by atoms with van der Waals surface area (Å²) in [6.07, 6.45) is 0.854. The van der Waals surface area contributed by atoms with Crippen molar-refractivity contribution in [1.82, 2.24) is 4.90 Å². The van der Waals surface area contributed by atoms with Crippen molar-refractivity contribution in [2.45, 2.75) is 12.8 Å². The highest BCUT2D eigenvalue weighted by Crippen LogP contribution is 2.29. The quantitative estimate of drug-likeness (QED) is 0.861. The summed E-state index contributed by atoms with van der Waals surface area (Å²) in [6, 6.07) is 12.3. The Balaban J connectivity index is 1.93. The predicted octanol–water partition coefficient (Wildman–Crippen LogP) is 4.27. The molecule has 0 unspecified atom stereocenters. The second-order valence-corrected chi connectivity index (χ2v) is 6.36. The van der Waals surface area contributed by atoms with Crippen LogP contribution in [0.3, 0.4) is 0 Å². The highest BCUT2D eigenvalue weighted by molar-refractivity contribution is 6.39. The average Bonchev–Trinajstić information content (AvgIpc) is 2.56. The number of hydrogen-bond donors (Lipinski definition) is 1. The number of anilines is 1. The molecule has 2 amide bonds. The summed E-state index contributed by atoms with van der Waals surface area (Å²) in [6.45, 7) is 0. The topological polar surface area (TPSA) is 49.4 Å². The molecule has 0 bridgehead atoms. The summed E-state index contributed by atoms with van der Waals surface area (Å²) in [5.74, 6) is -0.217. The normalized spacial score (nSPS) is 10.3. The van der Waals surface area contributed by atoms with Gasteiger partial charge in [-0.2, -0.15) is 0 Å². The van der Waals surface area contributed by atoms with E-state index < -0.39 is 0 Å². The van der Waals surface area contributed by atoms with E-state index in [0.717, 1.165) is 5.56 Å². The number of benzene rings is 2. The molecule has 0 aliphatic heterocycles. The Morgan fingerprint density at radius 2 is 1.58 bits per heavy atom. The zero-order valence-electron chi connectivity index (χ0n) is 13.5. The molecule has 0 fully saturated rings. The molecular weight excluding hydrogens is 347 g/mol. The SMILES string of the molecule is CN(C)C(=O)c1ccc(CCC(=O)Nc2c(Cl)cccc2Cl)cc1. The summed E-state index contributed by atoms with van der Waals surface area (Å²) in [7, 11) is 3.42. The maximum Gasteiger partial charge on any atom is 0.253 e. The van der Waals surface area contributed by atoms with E-state index in [4.69, 9.17) is 23.2 Å². The summed E-state index contributed by atoms with van der Waals surface area (Å²) < 4.78 is 0. The zero-order valence-corrected chi connectivity index (χ0v) is 15.0. The molecule has 0 heterocycles. The van der Waals surface area contributed by atoms with E-state index in [2.05, 4.69) is 5.32 Å². The Bertz CT molecular complexity index is 723. The minimum atomic E-state index is -0.168. The Hall–Kier alpha value is -2.04. The van der Waals surface area contributed by atoms with Gasteiger partial charge in [-0.05, 0) is 36.2 Å². The van der Waals surface area contributed by atoms with Gasteiger partial charge in [0.2, 0.25) is 5.91 Å². The molecule has 2 aromatic rings. The van der Waals surface area contributed by atoms with Gasteiger partial charge in [0.1, 0.15) is 0 Å². The summed E-state index contributed by atoms with van der Waals surface area (Å²) in [5, 5.41) is 3.54. The molecule has 0 atom stereocenters. The molecule has 0 aromatic heterocycles. The van der Waals surface area contributed by atoms with E-state index in [1.54, 1.807) is 44.4 Å². The van der Waals surface area contributed by atoms with Gasteiger partial charge < -0.3 is 10.2 Å². The van der Waals surface area contributed by atoms with Crippen molar-refractivity contribution in [1.29, 1.82) is 0 Å². The van der Waals surface area contributed by atoms with Crippen LogP contribution in [-0.4, -0.2) is 30.8 Å². The third-order valence-electron chi connectivity index (χ3n) is 3.47. The van der Waals surface area contributed by atoms with E-state index in [9.17, 15) is 9.59 Å². The third-order valence-corrected chi connectivity index (χ3v) is 4.10. The highest BCUT2D eigenvalue weighted by atomic mass is 35.5. The largest absolute Gasteiger partial charge is 0.345 e. The lowest BCUT2D eigenvalue weighted by molar-refractivity contribution is -0.116. The molecule has 1 N–H and O–H groups in total. The van der Waals surface area contributed by atoms with E-state index in [0.29, 0.717) is 34.1 Å². The van der Waals surface area contributed by atoms with Gasteiger partial charge in [0.25, 0.3) is 5.91 Å². The van der Waals surface area contributed by atoms with Crippen LogP contribution >= 0.6 is 23.2 Å². The van der Waals surface area contributed by atoms with Gasteiger partial charge in [0, 0.05) is 26.1 Å². The van der Waals surface area contributed by atoms with Crippen molar-refractivity contribution < 1.29 is 9.59 Å². The predicted molar refractivity (Wildman–Crippen MR) is 97.9 cm³/mol. The molecule has 0 radical (unpaired) electrons. The number of hydrogen-bond acceptors (Lipinski definition) is 2. The Labute approximate surface area is 151 Å². The molecule has 0 aliphatic carbocycles. The maximum atomic E-state index is 12.1. The monoisotopic (exact) mass is 364 g/mol. The fourth-order valence-electron chi connectivity index (χ4n) is 2.15. The van der Waals surface area contributed by atoms with Crippen LogP contribution in [0.5, 0.6) is 0 Å². The first kappa shape index (κ1) is 18.3. The van der Waals surface area contributed by atoms with Crippen LogP contribution in [0, 0.1) is 0 Å².